The summed E-state index contributed by atoms with van der Waals surface area (Å²) in [6, 6.07) is 12.4. The van der Waals surface area contributed by atoms with Gasteiger partial charge in [-0.15, -0.1) is 11.8 Å². The first-order chi connectivity index (χ1) is 13.9. The maximum atomic E-state index is 12.5. The molecule has 0 aliphatic carbocycles. The lowest BCUT2D eigenvalue weighted by atomic mass is 10.1. The highest BCUT2D eigenvalue weighted by molar-refractivity contribution is 7.98. The van der Waals surface area contributed by atoms with Gasteiger partial charge in [-0.3, -0.25) is 9.69 Å². The predicted molar refractivity (Wildman–Crippen MR) is 112 cm³/mol. The standard InChI is InChI=1S/C21H24N2O5S/c1-23(12-14-5-8-16(29-4)9-6-14)13-19(24)22-18-11-15(20(25)27-2)7-10-17(18)21(26)28-3/h5-11H,12-13H2,1-4H3,(H,22,24). The largest absolute Gasteiger partial charge is 0.465 e. The molecule has 1 amide bonds. The Kier molecular flexibility index (Phi) is 8.23. The van der Waals surface area contributed by atoms with Gasteiger partial charge in [-0.25, -0.2) is 9.59 Å². The summed E-state index contributed by atoms with van der Waals surface area (Å²) in [7, 11) is 4.34. The van der Waals surface area contributed by atoms with Crippen molar-refractivity contribution in [2.75, 3.05) is 39.4 Å². The molecule has 1 N–H and O–H groups in total. The molecule has 29 heavy (non-hydrogen) atoms. The van der Waals surface area contributed by atoms with Crippen molar-refractivity contribution in [3.05, 3.63) is 59.2 Å². The number of hydrogen-bond acceptors (Lipinski definition) is 7. The van der Waals surface area contributed by atoms with Crippen LogP contribution < -0.4 is 5.32 Å². The SMILES string of the molecule is COC(=O)c1ccc(C(=O)OC)c(NC(=O)CN(C)Cc2ccc(SC)cc2)c1. The van der Waals surface area contributed by atoms with Gasteiger partial charge in [0.2, 0.25) is 5.91 Å². The fraction of sp³-hybridized carbons (Fsp3) is 0.286. The number of hydrogen-bond donors (Lipinski definition) is 1. The van der Waals surface area contributed by atoms with Gasteiger partial charge in [-0.05, 0) is 49.2 Å². The molecule has 0 heterocycles. The van der Waals surface area contributed by atoms with Gasteiger partial charge in [0.15, 0.2) is 0 Å². The average Bonchev–Trinajstić information content (AvgIpc) is 2.72. The second-order valence-electron chi connectivity index (χ2n) is 6.31. The van der Waals surface area contributed by atoms with E-state index in [1.54, 1.807) is 11.8 Å². The molecule has 0 saturated carbocycles. The van der Waals surface area contributed by atoms with E-state index in [9.17, 15) is 14.4 Å². The second-order valence-corrected chi connectivity index (χ2v) is 7.19. The molecule has 2 aromatic rings. The third-order valence-electron chi connectivity index (χ3n) is 4.15. The average molecular weight is 416 g/mol. The molecule has 0 radical (unpaired) electrons. The Balaban J connectivity index is 2.09. The number of nitrogens with one attached hydrogen (secondary N) is 1. The molecule has 0 aromatic heterocycles. The Morgan fingerprint density at radius 3 is 2.24 bits per heavy atom. The number of amides is 1. The zero-order valence-electron chi connectivity index (χ0n) is 16.9. The molecule has 154 valence electrons. The van der Waals surface area contributed by atoms with Crippen LogP contribution in [0.2, 0.25) is 0 Å². The van der Waals surface area contributed by atoms with Crippen LogP contribution in [-0.2, 0) is 20.8 Å². The van der Waals surface area contributed by atoms with Crippen LogP contribution in [0.5, 0.6) is 0 Å². The second kappa shape index (κ2) is 10.6. The number of methoxy groups -OCH3 is 2. The zero-order chi connectivity index (χ0) is 21.4. The van der Waals surface area contributed by atoms with Crippen LogP contribution >= 0.6 is 11.8 Å². The summed E-state index contributed by atoms with van der Waals surface area (Å²) in [6.07, 6.45) is 2.02. The molecule has 2 rings (SSSR count). The van der Waals surface area contributed by atoms with Gasteiger partial charge in [0, 0.05) is 11.4 Å². The number of carbonyl (C=O) groups is 3. The highest BCUT2D eigenvalue weighted by atomic mass is 32.2. The maximum absolute atomic E-state index is 12.5. The smallest absolute Gasteiger partial charge is 0.339 e. The monoisotopic (exact) mass is 416 g/mol. The van der Waals surface area contributed by atoms with E-state index in [0.29, 0.717) is 6.54 Å². The Hall–Kier alpha value is -2.84. The first-order valence-electron chi connectivity index (χ1n) is 8.80. The fourth-order valence-corrected chi connectivity index (χ4v) is 3.12. The zero-order valence-corrected chi connectivity index (χ0v) is 17.7. The van der Waals surface area contributed by atoms with Crippen LogP contribution in [0.15, 0.2) is 47.4 Å². The number of esters is 2. The summed E-state index contributed by atoms with van der Waals surface area (Å²) in [4.78, 5) is 39.3. The van der Waals surface area contributed by atoms with Crippen LogP contribution in [0, 0.1) is 0 Å². The van der Waals surface area contributed by atoms with E-state index >= 15 is 0 Å². The Labute approximate surface area is 174 Å². The van der Waals surface area contributed by atoms with Crippen molar-refractivity contribution >= 4 is 35.3 Å². The Morgan fingerprint density at radius 1 is 1.00 bits per heavy atom. The lowest BCUT2D eigenvalue weighted by molar-refractivity contribution is -0.117. The molecule has 7 nitrogen and oxygen atoms in total. The summed E-state index contributed by atoms with van der Waals surface area (Å²) in [5.41, 5.74) is 1.66. The molecule has 0 aliphatic heterocycles. The number of benzene rings is 2. The first kappa shape index (κ1) is 22.4. The summed E-state index contributed by atoms with van der Waals surface area (Å²) < 4.78 is 9.44. The molecule has 0 unspecified atom stereocenters. The Bertz CT molecular complexity index is 883. The summed E-state index contributed by atoms with van der Waals surface area (Å²) in [5, 5.41) is 2.69. The van der Waals surface area contributed by atoms with Crippen molar-refractivity contribution in [3.63, 3.8) is 0 Å². The van der Waals surface area contributed by atoms with E-state index in [4.69, 9.17) is 9.47 Å². The Morgan fingerprint density at radius 2 is 1.66 bits per heavy atom. The van der Waals surface area contributed by atoms with Crippen LogP contribution in [0.4, 0.5) is 5.69 Å². The van der Waals surface area contributed by atoms with E-state index in [0.717, 1.165) is 5.56 Å². The van der Waals surface area contributed by atoms with Gasteiger partial charge in [0.1, 0.15) is 0 Å². The van der Waals surface area contributed by atoms with Crippen molar-refractivity contribution in [1.29, 1.82) is 0 Å². The minimum absolute atomic E-state index is 0.105. The predicted octanol–water partition coefficient (Wildman–Crippen LogP) is 3.05. The third kappa shape index (κ3) is 6.33. The molecule has 0 fully saturated rings. The number of rotatable bonds is 8. The van der Waals surface area contributed by atoms with Crippen molar-refractivity contribution in [3.8, 4) is 0 Å². The van der Waals surface area contributed by atoms with E-state index in [1.807, 2.05) is 42.5 Å². The van der Waals surface area contributed by atoms with Crippen molar-refractivity contribution in [2.24, 2.45) is 0 Å². The summed E-state index contributed by atoms with van der Waals surface area (Å²) in [6.45, 7) is 0.696. The quantitative estimate of drug-likeness (QED) is 0.523. The molecule has 0 saturated heterocycles. The van der Waals surface area contributed by atoms with Gasteiger partial charge in [0.05, 0.1) is 37.6 Å². The topological polar surface area (TPSA) is 84.9 Å². The molecule has 8 heteroatoms. The van der Waals surface area contributed by atoms with E-state index in [1.165, 1.54) is 37.3 Å². The normalized spacial score (nSPS) is 10.5. The fourth-order valence-electron chi connectivity index (χ4n) is 2.71. The molecule has 0 bridgehead atoms. The van der Waals surface area contributed by atoms with E-state index in [-0.39, 0.29) is 29.3 Å². The minimum Gasteiger partial charge on any atom is -0.465 e. The first-order valence-corrected chi connectivity index (χ1v) is 10.0. The maximum Gasteiger partial charge on any atom is 0.339 e. The number of nitrogens with zero attached hydrogens (tertiary/aromatic N) is 1. The van der Waals surface area contributed by atoms with Gasteiger partial charge in [-0.2, -0.15) is 0 Å². The highest BCUT2D eigenvalue weighted by Gasteiger charge is 2.18. The molecular weight excluding hydrogens is 392 g/mol. The van der Waals surface area contributed by atoms with Gasteiger partial charge >= 0.3 is 11.9 Å². The molecule has 0 atom stereocenters. The molecule has 2 aromatic carbocycles. The minimum atomic E-state index is -0.612. The highest BCUT2D eigenvalue weighted by Crippen LogP contribution is 2.20. The van der Waals surface area contributed by atoms with Crippen LogP contribution in [-0.4, -0.2) is 56.8 Å². The molecule has 0 aliphatic rings. The number of anilines is 1. The molecule has 0 spiro atoms. The van der Waals surface area contributed by atoms with E-state index < -0.39 is 11.9 Å². The molecular formula is C21H24N2O5S. The van der Waals surface area contributed by atoms with Gasteiger partial charge in [0.25, 0.3) is 0 Å². The van der Waals surface area contributed by atoms with Crippen LogP contribution in [0.3, 0.4) is 0 Å². The van der Waals surface area contributed by atoms with Gasteiger partial charge in [-0.1, -0.05) is 12.1 Å². The van der Waals surface area contributed by atoms with Gasteiger partial charge < -0.3 is 14.8 Å². The summed E-state index contributed by atoms with van der Waals surface area (Å²) in [5.74, 6) is -1.50. The number of ether oxygens (including phenoxy) is 2. The number of likely N-dealkylation sites (N-methyl/N-ethyl adjacent to an activating group) is 1. The lowest BCUT2D eigenvalue weighted by Gasteiger charge is -2.17. The van der Waals surface area contributed by atoms with Crippen molar-refractivity contribution in [2.45, 2.75) is 11.4 Å². The van der Waals surface area contributed by atoms with Crippen molar-refractivity contribution in [1.82, 2.24) is 4.90 Å². The van der Waals surface area contributed by atoms with Crippen LogP contribution in [0.25, 0.3) is 0 Å². The number of thioether (sulfide) groups is 1. The summed E-state index contributed by atoms with van der Waals surface area (Å²) >= 11 is 1.67. The van der Waals surface area contributed by atoms with Crippen molar-refractivity contribution < 1.29 is 23.9 Å². The third-order valence-corrected chi connectivity index (χ3v) is 4.89. The number of carbonyl (C=O) groups excluding carboxylic acids is 3. The lowest BCUT2D eigenvalue weighted by Crippen LogP contribution is -2.30. The van der Waals surface area contributed by atoms with Crippen LogP contribution in [0.1, 0.15) is 26.3 Å². The van der Waals surface area contributed by atoms with E-state index in [2.05, 4.69) is 5.32 Å².